The van der Waals surface area contributed by atoms with Gasteiger partial charge in [-0.3, -0.25) is 0 Å². The third-order valence-corrected chi connectivity index (χ3v) is 7.50. The van der Waals surface area contributed by atoms with E-state index < -0.39 is 8.07 Å². The maximum Gasteiger partial charge on any atom is 0.144 e. The van der Waals surface area contributed by atoms with Gasteiger partial charge in [-0.05, 0) is 42.8 Å². The fraction of sp³-hybridized carbons (Fsp3) is 0.160. The summed E-state index contributed by atoms with van der Waals surface area (Å²) < 4.78 is 6.23. The average Bonchev–Trinajstić information content (AvgIpc) is 3.04. The predicted molar refractivity (Wildman–Crippen MR) is 122 cm³/mol. The van der Waals surface area contributed by atoms with E-state index in [2.05, 4.69) is 81.2 Å². The number of hydrogen-bond acceptors (Lipinski definition) is 2. The Balaban J connectivity index is 1.74. The van der Waals surface area contributed by atoms with E-state index in [9.17, 15) is 0 Å². The van der Waals surface area contributed by atoms with Crippen LogP contribution < -0.4 is 5.19 Å². The van der Waals surface area contributed by atoms with E-state index in [1.807, 2.05) is 12.1 Å². The SMILES string of the molecule is Cc1cc(-c2ccc3cc([Si](C)(C)C)ccc3n2)c2oc3ccccc3c2c1. The molecule has 0 aliphatic carbocycles. The van der Waals surface area contributed by atoms with Crippen LogP contribution in [-0.2, 0) is 0 Å². The fourth-order valence-corrected chi connectivity index (χ4v) is 5.08. The van der Waals surface area contributed by atoms with Crippen LogP contribution in [0.5, 0.6) is 0 Å². The third kappa shape index (κ3) is 2.74. The fourth-order valence-electron chi connectivity index (χ4n) is 3.90. The van der Waals surface area contributed by atoms with Gasteiger partial charge in [0.1, 0.15) is 11.2 Å². The van der Waals surface area contributed by atoms with Crippen LogP contribution in [0, 0.1) is 6.92 Å². The number of aryl methyl sites for hydroxylation is 1. The lowest BCUT2D eigenvalue weighted by Gasteiger charge is -2.17. The summed E-state index contributed by atoms with van der Waals surface area (Å²) in [4.78, 5) is 4.99. The zero-order valence-electron chi connectivity index (χ0n) is 16.7. The van der Waals surface area contributed by atoms with Gasteiger partial charge in [-0.2, -0.15) is 0 Å². The first-order chi connectivity index (χ1) is 13.4. The summed E-state index contributed by atoms with van der Waals surface area (Å²) >= 11 is 0. The number of benzene rings is 3. The Hall–Kier alpha value is -2.91. The number of rotatable bonds is 2. The number of aromatic nitrogens is 1. The van der Waals surface area contributed by atoms with Crippen molar-refractivity contribution in [3.63, 3.8) is 0 Å². The minimum Gasteiger partial charge on any atom is -0.455 e. The van der Waals surface area contributed by atoms with Crippen LogP contribution in [0.3, 0.4) is 0 Å². The highest BCUT2D eigenvalue weighted by Crippen LogP contribution is 2.36. The standard InChI is InChI=1S/C25H23NOSi/c1-16-13-20-19-7-5-6-8-24(19)27-25(20)21(14-16)23-11-9-17-15-18(28(2,3)4)10-12-22(17)26-23/h5-15H,1-4H3. The summed E-state index contributed by atoms with van der Waals surface area (Å²) in [5, 5.41) is 4.98. The van der Waals surface area contributed by atoms with Crippen molar-refractivity contribution >= 4 is 46.1 Å². The smallest absolute Gasteiger partial charge is 0.144 e. The lowest BCUT2D eigenvalue weighted by molar-refractivity contribution is 0.669. The maximum absolute atomic E-state index is 6.23. The van der Waals surface area contributed by atoms with Gasteiger partial charge in [0.05, 0.1) is 19.3 Å². The molecule has 0 aliphatic heterocycles. The second-order valence-corrected chi connectivity index (χ2v) is 13.7. The molecule has 0 spiro atoms. The number of pyridine rings is 1. The molecule has 0 saturated heterocycles. The molecule has 0 bridgehead atoms. The highest BCUT2D eigenvalue weighted by Gasteiger charge is 2.17. The van der Waals surface area contributed by atoms with Gasteiger partial charge >= 0.3 is 0 Å². The number of furan rings is 1. The molecule has 2 heterocycles. The Kier molecular flexibility index (Phi) is 3.71. The molecule has 3 aromatic carbocycles. The van der Waals surface area contributed by atoms with Crippen molar-refractivity contribution in [1.82, 2.24) is 4.98 Å². The zero-order valence-corrected chi connectivity index (χ0v) is 17.7. The van der Waals surface area contributed by atoms with Crippen LogP contribution in [0.1, 0.15) is 5.56 Å². The molecule has 0 radical (unpaired) electrons. The number of hydrogen-bond donors (Lipinski definition) is 0. The molecule has 0 N–H and O–H groups in total. The van der Waals surface area contributed by atoms with Crippen LogP contribution >= 0.6 is 0 Å². The van der Waals surface area contributed by atoms with Gasteiger partial charge in [0.15, 0.2) is 0 Å². The molecule has 0 atom stereocenters. The molecule has 28 heavy (non-hydrogen) atoms. The molecule has 5 aromatic rings. The second-order valence-electron chi connectivity index (χ2n) is 8.64. The van der Waals surface area contributed by atoms with Crippen LogP contribution in [0.4, 0.5) is 0 Å². The van der Waals surface area contributed by atoms with Gasteiger partial charge in [-0.25, -0.2) is 4.98 Å². The van der Waals surface area contributed by atoms with Gasteiger partial charge < -0.3 is 4.42 Å². The van der Waals surface area contributed by atoms with Crippen molar-refractivity contribution in [2.75, 3.05) is 0 Å². The van der Waals surface area contributed by atoms with Gasteiger partial charge in [-0.15, -0.1) is 0 Å². The second kappa shape index (κ2) is 6.04. The summed E-state index contributed by atoms with van der Waals surface area (Å²) in [6.45, 7) is 9.26. The summed E-state index contributed by atoms with van der Waals surface area (Å²) in [5.74, 6) is 0. The average molecular weight is 382 g/mol. The summed E-state index contributed by atoms with van der Waals surface area (Å²) in [6, 6.07) is 23.6. The first-order valence-electron chi connectivity index (χ1n) is 9.74. The van der Waals surface area contributed by atoms with E-state index in [-0.39, 0.29) is 0 Å². The van der Waals surface area contributed by atoms with Crippen LogP contribution in [0.15, 0.2) is 71.1 Å². The van der Waals surface area contributed by atoms with Crippen LogP contribution in [0.2, 0.25) is 19.6 Å². The van der Waals surface area contributed by atoms with Crippen molar-refractivity contribution in [2.45, 2.75) is 26.6 Å². The van der Waals surface area contributed by atoms with Crippen molar-refractivity contribution in [2.24, 2.45) is 0 Å². The van der Waals surface area contributed by atoms with E-state index in [4.69, 9.17) is 9.40 Å². The lowest BCUT2D eigenvalue weighted by atomic mass is 10.0. The highest BCUT2D eigenvalue weighted by atomic mass is 28.3. The highest BCUT2D eigenvalue weighted by molar-refractivity contribution is 6.88. The van der Waals surface area contributed by atoms with Crippen molar-refractivity contribution in [3.8, 4) is 11.3 Å². The van der Waals surface area contributed by atoms with E-state index >= 15 is 0 Å². The van der Waals surface area contributed by atoms with Gasteiger partial charge in [0, 0.05) is 21.7 Å². The minimum absolute atomic E-state index is 0.914. The molecule has 0 amide bonds. The first-order valence-corrected chi connectivity index (χ1v) is 13.2. The van der Waals surface area contributed by atoms with Crippen LogP contribution in [-0.4, -0.2) is 13.1 Å². The van der Waals surface area contributed by atoms with Gasteiger partial charge in [-0.1, -0.05) is 61.2 Å². The quantitative estimate of drug-likeness (QED) is 0.320. The zero-order chi connectivity index (χ0) is 19.5. The maximum atomic E-state index is 6.23. The van der Waals surface area contributed by atoms with E-state index in [1.54, 1.807) is 0 Å². The molecule has 2 nitrogen and oxygen atoms in total. The Bertz CT molecular complexity index is 1360. The van der Waals surface area contributed by atoms with E-state index in [1.165, 1.54) is 16.1 Å². The summed E-state index contributed by atoms with van der Waals surface area (Å²) in [7, 11) is -1.33. The first kappa shape index (κ1) is 17.2. The van der Waals surface area contributed by atoms with E-state index in [0.29, 0.717) is 0 Å². The third-order valence-electron chi connectivity index (χ3n) is 5.45. The molecule has 2 aromatic heterocycles. The van der Waals surface area contributed by atoms with E-state index in [0.717, 1.165) is 38.7 Å². The topological polar surface area (TPSA) is 26.0 Å². The Morgan fingerprint density at radius 3 is 2.46 bits per heavy atom. The largest absolute Gasteiger partial charge is 0.455 e. The summed E-state index contributed by atoms with van der Waals surface area (Å²) in [5.41, 5.74) is 6.10. The minimum atomic E-state index is -1.33. The molecule has 5 rings (SSSR count). The molecule has 0 unspecified atom stereocenters. The normalized spacial score (nSPS) is 12.3. The number of fused-ring (bicyclic) bond motifs is 4. The summed E-state index contributed by atoms with van der Waals surface area (Å²) in [6.07, 6.45) is 0. The van der Waals surface area contributed by atoms with Crippen molar-refractivity contribution < 1.29 is 4.42 Å². The lowest BCUT2D eigenvalue weighted by Crippen LogP contribution is -2.37. The molecular formula is C25H23NOSi. The molecular weight excluding hydrogens is 358 g/mol. The Labute approximate surface area is 165 Å². The molecule has 0 aliphatic rings. The van der Waals surface area contributed by atoms with Crippen LogP contribution in [0.25, 0.3) is 44.1 Å². The van der Waals surface area contributed by atoms with Crippen molar-refractivity contribution in [1.29, 1.82) is 0 Å². The Morgan fingerprint density at radius 2 is 1.64 bits per heavy atom. The molecule has 0 fully saturated rings. The predicted octanol–water partition coefficient (Wildman–Crippen LogP) is 6.65. The monoisotopic (exact) mass is 381 g/mol. The molecule has 138 valence electrons. The number of para-hydroxylation sites is 1. The number of nitrogens with zero attached hydrogens (tertiary/aromatic N) is 1. The molecule has 3 heteroatoms. The molecule has 0 saturated carbocycles. The Morgan fingerprint density at radius 1 is 0.821 bits per heavy atom. The van der Waals surface area contributed by atoms with Gasteiger partial charge in [0.2, 0.25) is 0 Å². The van der Waals surface area contributed by atoms with Crippen molar-refractivity contribution in [3.05, 3.63) is 72.3 Å². The van der Waals surface area contributed by atoms with Gasteiger partial charge in [0.25, 0.3) is 0 Å².